The number of carbonyl (C=O) groups is 2. The van der Waals surface area contributed by atoms with Crippen LogP contribution in [0.15, 0.2) is 59.2 Å². The molecule has 1 saturated heterocycles. The van der Waals surface area contributed by atoms with E-state index in [4.69, 9.17) is 0 Å². The number of hydrogen-bond acceptors (Lipinski definition) is 2. The number of rotatable bonds is 2. The second-order valence-corrected chi connectivity index (χ2v) is 6.51. The summed E-state index contributed by atoms with van der Waals surface area (Å²) in [6.07, 6.45) is 2.04. The Labute approximate surface area is 141 Å². The molecule has 1 unspecified atom stereocenters. The Kier molecular flexibility index (Phi) is 3.31. The molecular formula is C18H13BrN2O2. The molecule has 1 N–H and O–H groups in total. The summed E-state index contributed by atoms with van der Waals surface area (Å²) >= 11 is 3.36. The molecule has 23 heavy (non-hydrogen) atoms. The molecule has 0 saturated carbocycles. The molecule has 2 heterocycles. The third-order valence-electron chi connectivity index (χ3n) is 4.23. The predicted molar refractivity (Wildman–Crippen MR) is 92.3 cm³/mol. The van der Waals surface area contributed by atoms with Crippen LogP contribution < -0.4 is 4.90 Å². The van der Waals surface area contributed by atoms with E-state index in [1.165, 1.54) is 4.90 Å². The number of amides is 2. The van der Waals surface area contributed by atoms with Crippen molar-refractivity contribution >= 4 is 44.3 Å². The Balaban J connectivity index is 1.74. The Hall–Kier alpha value is -2.40. The Morgan fingerprint density at radius 2 is 1.78 bits per heavy atom. The normalized spacial score (nSPS) is 18.1. The molecule has 4 rings (SSSR count). The highest BCUT2D eigenvalue weighted by atomic mass is 79.9. The lowest BCUT2D eigenvalue weighted by Gasteiger charge is -2.15. The van der Waals surface area contributed by atoms with E-state index in [1.807, 2.05) is 42.6 Å². The fourth-order valence-electron chi connectivity index (χ4n) is 3.12. The standard InChI is InChI=1S/C18H13BrN2O2/c19-11-5-7-12(8-6-11)21-17(22)9-14(18(21)23)15-10-20-16-4-2-1-3-13(15)16/h1-8,10,14,20H,9H2. The zero-order valence-corrected chi connectivity index (χ0v) is 13.7. The topological polar surface area (TPSA) is 53.2 Å². The number of imide groups is 1. The molecule has 5 heteroatoms. The van der Waals surface area contributed by atoms with Gasteiger partial charge in [-0.1, -0.05) is 34.1 Å². The van der Waals surface area contributed by atoms with E-state index in [1.54, 1.807) is 12.1 Å². The van der Waals surface area contributed by atoms with Crippen LogP contribution in [-0.2, 0) is 9.59 Å². The summed E-state index contributed by atoms with van der Waals surface area (Å²) in [5.74, 6) is -0.753. The minimum atomic E-state index is -0.428. The van der Waals surface area contributed by atoms with Crippen molar-refractivity contribution in [2.75, 3.05) is 4.90 Å². The maximum atomic E-state index is 12.8. The maximum Gasteiger partial charge on any atom is 0.241 e. The molecule has 1 aromatic heterocycles. The summed E-state index contributed by atoms with van der Waals surface area (Å²) in [7, 11) is 0. The lowest BCUT2D eigenvalue weighted by atomic mass is 9.97. The van der Waals surface area contributed by atoms with Gasteiger partial charge in [0.05, 0.1) is 11.6 Å². The Bertz CT molecular complexity index is 914. The molecule has 4 nitrogen and oxygen atoms in total. The average molecular weight is 369 g/mol. The quantitative estimate of drug-likeness (QED) is 0.695. The van der Waals surface area contributed by atoms with Gasteiger partial charge in [0.2, 0.25) is 11.8 Å². The zero-order valence-electron chi connectivity index (χ0n) is 12.1. The molecule has 1 aliphatic heterocycles. The molecule has 1 atom stereocenters. The molecule has 3 aromatic rings. The summed E-state index contributed by atoms with van der Waals surface area (Å²) in [5, 5.41) is 0.997. The van der Waals surface area contributed by atoms with E-state index < -0.39 is 5.92 Å². The van der Waals surface area contributed by atoms with Crippen molar-refractivity contribution in [1.82, 2.24) is 4.98 Å². The van der Waals surface area contributed by atoms with Crippen LogP contribution in [0.5, 0.6) is 0 Å². The molecule has 1 fully saturated rings. The van der Waals surface area contributed by atoms with Crippen molar-refractivity contribution in [3.05, 3.63) is 64.8 Å². The molecule has 2 aromatic carbocycles. The smallest absolute Gasteiger partial charge is 0.241 e. The second kappa shape index (κ2) is 5.35. The molecular weight excluding hydrogens is 356 g/mol. The molecule has 0 radical (unpaired) electrons. The largest absolute Gasteiger partial charge is 0.361 e. The third-order valence-corrected chi connectivity index (χ3v) is 4.76. The van der Waals surface area contributed by atoms with Gasteiger partial charge >= 0.3 is 0 Å². The van der Waals surface area contributed by atoms with Crippen LogP contribution in [0.1, 0.15) is 17.9 Å². The molecule has 0 spiro atoms. The van der Waals surface area contributed by atoms with Crippen LogP contribution in [0.4, 0.5) is 5.69 Å². The molecule has 114 valence electrons. The number of para-hydroxylation sites is 1. The summed E-state index contributed by atoms with van der Waals surface area (Å²) < 4.78 is 0.911. The van der Waals surface area contributed by atoms with E-state index in [0.29, 0.717) is 5.69 Å². The number of H-pyrrole nitrogens is 1. The van der Waals surface area contributed by atoms with Crippen LogP contribution in [-0.4, -0.2) is 16.8 Å². The molecule has 1 aliphatic rings. The number of benzene rings is 2. The SMILES string of the molecule is O=C1CC(c2c[nH]c3ccccc23)C(=O)N1c1ccc(Br)cc1. The van der Waals surface area contributed by atoms with Gasteiger partial charge in [-0.05, 0) is 35.9 Å². The maximum absolute atomic E-state index is 12.8. The number of fused-ring (bicyclic) bond motifs is 1. The third kappa shape index (κ3) is 2.28. The highest BCUT2D eigenvalue weighted by molar-refractivity contribution is 9.10. The fraction of sp³-hybridized carbons (Fsp3) is 0.111. The van der Waals surface area contributed by atoms with Gasteiger partial charge in [0.25, 0.3) is 0 Å². The van der Waals surface area contributed by atoms with Crippen molar-refractivity contribution in [2.24, 2.45) is 0 Å². The number of hydrogen-bond donors (Lipinski definition) is 1. The van der Waals surface area contributed by atoms with E-state index in [0.717, 1.165) is 20.9 Å². The van der Waals surface area contributed by atoms with Crippen molar-refractivity contribution < 1.29 is 9.59 Å². The number of aromatic amines is 1. The van der Waals surface area contributed by atoms with Gasteiger partial charge in [-0.25, -0.2) is 0 Å². The van der Waals surface area contributed by atoms with Crippen LogP contribution in [0.2, 0.25) is 0 Å². The van der Waals surface area contributed by atoms with E-state index in [2.05, 4.69) is 20.9 Å². The summed E-state index contributed by atoms with van der Waals surface area (Å²) in [6.45, 7) is 0. The van der Waals surface area contributed by atoms with Crippen LogP contribution >= 0.6 is 15.9 Å². The van der Waals surface area contributed by atoms with Crippen LogP contribution in [0.25, 0.3) is 10.9 Å². The first-order chi connectivity index (χ1) is 11.1. The van der Waals surface area contributed by atoms with Crippen LogP contribution in [0, 0.1) is 0 Å². The number of aromatic nitrogens is 1. The van der Waals surface area contributed by atoms with Gasteiger partial charge in [0.15, 0.2) is 0 Å². The first-order valence-corrected chi connectivity index (χ1v) is 8.13. The first kappa shape index (κ1) is 14.2. The van der Waals surface area contributed by atoms with Gasteiger partial charge in [-0.15, -0.1) is 0 Å². The number of nitrogens with zero attached hydrogens (tertiary/aromatic N) is 1. The van der Waals surface area contributed by atoms with E-state index >= 15 is 0 Å². The highest BCUT2D eigenvalue weighted by Gasteiger charge is 2.41. The van der Waals surface area contributed by atoms with Gasteiger partial charge in [0.1, 0.15) is 0 Å². The van der Waals surface area contributed by atoms with Gasteiger partial charge < -0.3 is 4.98 Å². The van der Waals surface area contributed by atoms with Gasteiger partial charge in [-0.3, -0.25) is 14.5 Å². The van der Waals surface area contributed by atoms with E-state index in [-0.39, 0.29) is 18.2 Å². The van der Waals surface area contributed by atoms with Gasteiger partial charge in [-0.2, -0.15) is 0 Å². The first-order valence-electron chi connectivity index (χ1n) is 7.33. The second-order valence-electron chi connectivity index (χ2n) is 5.59. The molecule has 0 bridgehead atoms. The minimum Gasteiger partial charge on any atom is -0.361 e. The van der Waals surface area contributed by atoms with Crippen LogP contribution in [0.3, 0.4) is 0 Å². The number of anilines is 1. The number of halogens is 1. The minimum absolute atomic E-state index is 0.160. The van der Waals surface area contributed by atoms with Crippen molar-refractivity contribution in [2.45, 2.75) is 12.3 Å². The lowest BCUT2D eigenvalue weighted by Crippen LogP contribution is -2.29. The summed E-state index contributed by atoms with van der Waals surface area (Å²) in [4.78, 5) is 29.7. The van der Waals surface area contributed by atoms with Crippen molar-refractivity contribution in [3.63, 3.8) is 0 Å². The molecule has 0 aliphatic carbocycles. The summed E-state index contributed by atoms with van der Waals surface area (Å²) in [6, 6.07) is 15.0. The van der Waals surface area contributed by atoms with Crippen molar-refractivity contribution in [3.8, 4) is 0 Å². The lowest BCUT2D eigenvalue weighted by molar-refractivity contribution is -0.121. The summed E-state index contributed by atoms with van der Waals surface area (Å²) in [5.41, 5.74) is 2.48. The monoisotopic (exact) mass is 368 g/mol. The highest BCUT2D eigenvalue weighted by Crippen LogP contribution is 2.36. The average Bonchev–Trinajstić information content (AvgIpc) is 3.10. The number of carbonyl (C=O) groups excluding carboxylic acids is 2. The fourth-order valence-corrected chi connectivity index (χ4v) is 3.38. The predicted octanol–water partition coefficient (Wildman–Crippen LogP) is 3.98. The Morgan fingerprint density at radius 3 is 2.57 bits per heavy atom. The van der Waals surface area contributed by atoms with Gasteiger partial charge in [0, 0.05) is 28.0 Å². The van der Waals surface area contributed by atoms with Crippen molar-refractivity contribution in [1.29, 1.82) is 0 Å². The Morgan fingerprint density at radius 1 is 1.04 bits per heavy atom. The number of nitrogens with one attached hydrogen (secondary N) is 1. The zero-order chi connectivity index (χ0) is 16.0. The molecule has 2 amide bonds. The van der Waals surface area contributed by atoms with E-state index in [9.17, 15) is 9.59 Å².